The normalized spacial score (nSPS) is 41.5. The minimum absolute atomic E-state index is 0.308. The van der Waals surface area contributed by atoms with Crippen molar-refractivity contribution in [3.63, 3.8) is 0 Å². The molecule has 6 heteroatoms. The van der Waals surface area contributed by atoms with Gasteiger partial charge in [0.15, 0.2) is 0 Å². The van der Waals surface area contributed by atoms with Gasteiger partial charge in [-0.2, -0.15) is 4.99 Å². The highest BCUT2D eigenvalue weighted by molar-refractivity contribution is 5.84. The lowest BCUT2D eigenvalue weighted by molar-refractivity contribution is -0.144. The fraction of sp³-hybridized carbons (Fsp3) is 0.667. The number of carbonyl (C=O) groups excluding carboxylic acids is 1. The highest BCUT2D eigenvalue weighted by Gasteiger charge is 2.77. The summed E-state index contributed by atoms with van der Waals surface area (Å²) in [5.41, 5.74) is -1.21. The lowest BCUT2D eigenvalue weighted by atomic mass is 9.95. The Balaban J connectivity index is 2.37. The third-order valence-corrected chi connectivity index (χ3v) is 3.51. The third kappa shape index (κ3) is 1.05. The van der Waals surface area contributed by atoms with Crippen LogP contribution in [0.3, 0.4) is 0 Å². The van der Waals surface area contributed by atoms with E-state index in [1.54, 1.807) is 0 Å². The summed E-state index contributed by atoms with van der Waals surface area (Å²) in [5, 5.41) is 17.8. The van der Waals surface area contributed by atoms with Gasteiger partial charge in [-0.3, -0.25) is 9.59 Å². The molecule has 2 rings (SSSR count). The zero-order valence-electron chi connectivity index (χ0n) is 7.71. The largest absolute Gasteiger partial charge is 0.481 e. The number of hydrogen-bond donors (Lipinski definition) is 2. The second-order valence-electron chi connectivity index (χ2n) is 3.98. The van der Waals surface area contributed by atoms with Crippen LogP contribution in [0.4, 0.5) is 0 Å². The molecule has 2 saturated carbocycles. The molecule has 2 aliphatic rings. The van der Waals surface area contributed by atoms with Gasteiger partial charge < -0.3 is 10.2 Å². The van der Waals surface area contributed by atoms with Crippen molar-refractivity contribution in [2.75, 3.05) is 0 Å². The van der Waals surface area contributed by atoms with Gasteiger partial charge in [0.1, 0.15) is 5.54 Å². The van der Waals surface area contributed by atoms with Crippen LogP contribution in [0.1, 0.15) is 12.8 Å². The Morgan fingerprint density at radius 2 is 1.93 bits per heavy atom. The van der Waals surface area contributed by atoms with Gasteiger partial charge in [-0.05, 0) is 12.8 Å². The summed E-state index contributed by atoms with van der Waals surface area (Å²) in [5.74, 6) is -4.15. The van der Waals surface area contributed by atoms with Crippen LogP contribution >= 0.6 is 0 Å². The Morgan fingerprint density at radius 1 is 1.27 bits per heavy atom. The maximum atomic E-state index is 10.9. The van der Waals surface area contributed by atoms with E-state index < -0.39 is 29.3 Å². The number of nitrogens with zero attached hydrogens (tertiary/aromatic N) is 1. The van der Waals surface area contributed by atoms with Crippen molar-refractivity contribution in [3.05, 3.63) is 0 Å². The van der Waals surface area contributed by atoms with E-state index in [2.05, 4.69) is 4.99 Å². The number of carbonyl (C=O) groups is 2. The summed E-state index contributed by atoms with van der Waals surface area (Å²) < 4.78 is 0. The lowest BCUT2D eigenvalue weighted by Gasteiger charge is -2.14. The number of carboxylic acids is 2. The van der Waals surface area contributed by atoms with Gasteiger partial charge in [0.2, 0.25) is 6.08 Å². The van der Waals surface area contributed by atoms with E-state index in [0.29, 0.717) is 12.8 Å². The minimum atomic E-state index is -1.21. The lowest BCUT2D eigenvalue weighted by Crippen LogP contribution is -2.30. The average Bonchev–Trinajstić information content (AvgIpc) is 2.61. The summed E-state index contributed by atoms with van der Waals surface area (Å²) in [6.45, 7) is 0. The van der Waals surface area contributed by atoms with E-state index in [9.17, 15) is 14.4 Å². The molecule has 0 aromatic heterocycles. The van der Waals surface area contributed by atoms with E-state index >= 15 is 0 Å². The number of aliphatic carboxylic acids is 2. The molecule has 0 amide bonds. The maximum Gasteiger partial charge on any atom is 0.309 e. The Kier molecular flexibility index (Phi) is 1.91. The second kappa shape index (κ2) is 2.90. The predicted octanol–water partition coefficient (Wildman–Crippen LogP) is -0.114. The zero-order chi connectivity index (χ0) is 11.2. The first kappa shape index (κ1) is 9.86. The Morgan fingerprint density at radius 3 is 2.33 bits per heavy atom. The molecule has 0 aromatic rings. The van der Waals surface area contributed by atoms with E-state index in [0.717, 1.165) is 0 Å². The van der Waals surface area contributed by atoms with E-state index in [-0.39, 0.29) is 5.92 Å². The molecule has 0 heterocycles. The average molecular weight is 211 g/mol. The molecule has 2 N–H and O–H groups in total. The third-order valence-electron chi connectivity index (χ3n) is 3.51. The van der Waals surface area contributed by atoms with Crippen molar-refractivity contribution >= 4 is 18.0 Å². The monoisotopic (exact) mass is 211 g/mol. The van der Waals surface area contributed by atoms with Gasteiger partial charge in [-0.15, -0.1) is 0 Å². The van der Waals surface area contributed by atoms with Crippen molar-refractivity contribution in [2.45, 2.75) is 18.4 Å². The fourth-order valence-corrected chi connectivity index (χ4v) is 2.92. The van der Waals surface area contributed by atoms with Gasteiger partial charge in [0.25, 0.3) is 0 Å². The molecule has 15 heavy (non-hydrogen) atoms. The van der Waals surface area contributed by atoms with Gasteiger partial charge in [0, 0.05) is 5.92 Å². The van der Waals surface area contributed by atoms with Crippen LogP contribution in [0, 0.1) is 17.8 Å². The number of aliphatic imine (C=N–C) groups is 1. The summed E-state index contributed by atoms with van der Waals surface area (Å²) in [7, 11) is 0. The fourth-order valence-electron chi connectivity index (χ4n) is 2.92. The van der Waals surface area contributed by atoms with Crippen LogP contribution in [0.5, 0.6) is 0 Å². The topological polar surface area (TPSA) is 104 Å². The van der Waals surface area contributed by atoms with E-state index in [4.69, 9.17) is 10.2 Å². The first-order chi connectivity index (χ1) is 7.05. The van der Waals surface area contributed by atoms with Crippen LogP contribution in [0.2, 0.25) is 0 Å². The first-order valence-electron chi connectivity index (χ1n) is 4.60. The highest BCUT2D eigenvalue weighted by atomic mass is 16.4. The van der Waals surface area contributed by atoms with Gasteiger partial charge in [-0.1, -0.05) is 0 Å². The van der Waals surface area contributed by atoms with Gasteiger partial charge in [-0.25, -0.2) is 4.79 Å². The molecule has 0 radical (unpaired) electrons. The van der Waals surface area contributed by atoms with Crippen molar-refractivity contribution in [1.82, 2.24) is 0 Å². The molecule has 4 unspecified atom stereocenters. The Labute approximate surface area is 84.6 Å². The SMILES string of the molecule is O=C=NC12C(C(=O)O)CCC1C2C(=O)O. The number of carboxylic acid groups (broad SMARTS) is 2. The molecule has 2 aliphatic carbocycles. The number of isocyanates is 1. The molecular formula is C9H9NO5. The molecular weight excluding hydrogens is 202 g/mol. The van der Waals surface area contributed by atoms with Crippen molar-refractivity contribution in [2.24, 2.45) is 22.7 Å². The molecule has 80 valence electrons. The minimum Gasteiger partial charge on any atom is -0.481 e. The molecule has 0 aliphatic heterocycles. The molecule has 4 atom stereocenters. The summed E-state index contributed by atoms with van der Waals surface area (Å²) in [4.78, 5) is 35.5. The van der Waals surface area contributed by atoms with Crippen LogP contribution in [-0.4, -0.2) is 33.8 Å². The molecule has 0 bridgehead atoms. The smallest absolute Gasteiger partial charge is 0.309 e. The molecule has 6 nitrogen and oxygen atoms in total. The van der Waals surface area contributed by atoms with Crippen molar-refractivity contribution in [1.29, 1.82) is 0 Å². The van der Waals surface area contributed by atoms with E-state index in [1.165, 1.54) is 6.08 Å². The van der Waals surface area contributed by atoms with Crippen LogP contribution in [-0.2, 0) is 14.4 Å². The summed E-state index contributed by atoms with van der Waals surface area (Å²) >= 11 is 0. The quantitative estimate of drug-likeness (QED) is 0.500. The summed E-state index contributed by atoms with van der Waals surface area (Å²) in [6, 6.07) is 0. The molecule has 0 aromatic carbocycles. The Bertz CT molecular complexity index is 386. The van der Waals surface area contributed by atoms with Crippen molar-refractivity contribution < 1.29 is 24.6 Å². The van der Waals surface area contributed by atoms with Gasteiger partial charge in [0.05, 0.1) is 11.8 Å². The standard InChI is InChI=1S/C9H9NO5/c11-3-10-9-4(6(9)8(14)15)1-2-5(9)7(12)13/h4-6H,1-2H2,(H,12,13)(H,14,15). The number of hydrogen-bond acceptors (Lipinski definition) is 4. The number of fused-ring (bicyclic) bond motifs is 1. The molecule has 2 fully saturated rings. The van der Waals surface area contributed by atoms with Crippen molar-refractivity contribution in [3.8, 4) is 0 Å². The predicted molar refractivity (Wildman–Crippen MR) is 45.8 cm³/mol. The zero-order valence-corrected chi connectivity index (χ0v) is 7.71. The molecule has 0 spiro atoms. The summed E-state index contributed by atoms with van der Waals surface area (Å²) in [6.07, 6.45) is 2.19. The first-order valence-corrected chi connectivity index (χ1v) is 4.60. The van der Waals surface area contributed by atoms with Crippen LogP contribution in [0.15, 0.2) is 4.99 Å². The second-order valence-corrected chi connectivity index (χ2v) is 3.98. The number of rotatable bonds is 3. The Hall–Kier alpha value is -1.68. The van der Waals surface area contributed by atoms with Crippen LogP contribution in [0.25, 0.3) is 0 Å². The molecule has 0 saturated heterocycles. The van der Waals surface area contributed by atoms with Gasteiger partial charge >= 0.3 is 11.9 Å². The van der Waals surface area contributed by atoms with E-state index in [1.807, 2.05) is 0 Å². The highest BCUT2D eigenvalue weighted by Crippen LogP contribution is 2.66. The van der Waals surface area contributed by atoms with Crippen LogP contribution < -0.4 is 0 Å². The maximum absolute atomic E-state index is 10.9.